The molecule has 2 aliphatic rings. The van der Waals surface area contributed by atoms with E-state index in [1.165, 1.54) is 11.7 Å². The predicted molar refractivity (Wildman–Crippen MR) is 216 cm³/mol. The first kappa shape index (κ1) is 52.8. The van der Waals surface area contributed by atoms with Crippen molar-refractivity contribution in [3.05, 3.63) is 88.6 Å². The van der Waals surface area contributed by atoms with E-state index in [1.54, 1.807) is 0 Å². The Labute approximate surface area is 372 Å². The molecule has 0 amide bonds. The molecule has 6 rings (SSSR count). The SMILES string of the molecule is C.C#CC#CC#CC#CC#CC#CC#C.O=C(OCc1ccccc1)c1cc(OC[C@H]2CO2)no1.O=C(Oc1c(F)c(F)c(F)c(F)c1F)c1cc(OC[C@H]2CO2)no1.OONOOO.[HH].[HH].[HH].[HH].[HH]. The van der Waals surface area contributed by atoms with Gasteiger partial charge in [-0.25, -0.2) is 33.3 Å². The highest BCUT2D eigenvalue weighted by molar-refractivity contribution is 5.88. The van der Waals surface area contributed by atoms with Crippen molar-refractivity contribution in [1.82, 2.24) is 16.0 Å². The smallest absolute Gasteiger partial charge is 0.382 e. The van der Waals surface area contributed by atoms with Crippen LogP contribution in [-0.4, -0.2) is 71.4 Å². The van der Waals surface area contributed by atoms with Crippen molar-refractivity contribution in [3.63, 3.8) is 0 Å². The van der Waals surface area contributed by atoms with Gasteiger partial charge in [0.25, 0.3) is 11.8 Å². The number of rotatable bonds is 14. The summed E-state index contributed by atoms with van der Waals surface area (Å²) in [5.41, 5.74) is 2.19. The lowest BCUT2D eigenvalue weighted by molar-refractivity contribution is -0.571. The van der Waals surface area contributed by atoms with Crippen molar-refractivity contribution < 1.29 is 102 Å². The fourth-order valence-corrected chi connectivity index (χ4v) is 3.50. The number of esters is 2. The maximum atomic E-state index is 13.4. The van der Waals surface area contributed by atoms with Crippen LogP contribution in [0.4, 0.5) is 22.0 Å². The molecule has 2 fully saturated rings. The van der Waals surface area contributed by atoms with Gasteiger partial charge >= 0.3 is 11.9 Å². The van der Waals surface area contributed by atoms with E-state index >= 15 is 0 Å². The fraction of sp³-hybridized carbons (Fsp3) is 0.190. The van der Waals surface area contributed by atoms with Crippen molar-refractivity contribution in [3.8, 4) is 101 Å². The van der Waals surface area contributed by atoms with Gasteiger partial charge in [0.05, 0.1) is 25.3 Å². The lowest BCUT2D eigenvalue weighted by Crippen LogP contribution is -2.13. The van der Waals surface area contributed by atoms with Crippen LogP contribution in [0.5, 0.6) is 17.5 Å². The van der Waals surface area contributed by atoms with Crippen molar-refractivity contribution >= 4 is 11.9 Å². The van der Waals surface area contributed by atoms with E-state index in [1.807, 2.05) is 30.3 Å². The summed E-state index contributed by atoms with van der Waals surface area (Å²) < 4.78 is 105. The average molecular weight is 920 g/mol. The molecule has 2 aromatic heterocycles. The van der Waals surface area contributed by atoms with Crippen molar-refractivity contribution in [2.45, 2.75) is 26.2 Å². The zero-order chi connectivity index (χ0) is 46.5. The molecule has 346 valence electrons. The molecule has 2 aromatic carbocycles. The lowest BCUT2D eigenvalue weighted by Gasteiger charge is -2.07. The van der Waals surface area contributed by atoms with E-state index in [0.717, 1.165) is 11.6 Å². The highest BCUT2D eigenvalue weighted by Crippen LogP contribution is 2.30. The van der Waals surface area contributed by atoms with Crippen LogP contribution in [0.2, 0.25) is 0 Å². The number of nitrogens with one attached hydrogen (secondary N) is 1. The first-order chi connectivity index (χ1) is 31.0. The van der Waals surface area contributed by atoms with Crippen LogP contribution in [-0.2, 0) is 35.8 Å². The second kappa shape index (κ2) is 29.8. The summed E-state index contributed by atoms with van der Waals surface area (Å²) in [5, 5.41) is 24.3. The quantitative estimate of drug-likeness (QED) is 0.0133. The van der Waals surface area contributed by atoms with Gasteiger partial charge in [-0.2, -0.15) is 8.78 Å². The molecular weight excluding hydrogens is 881 g/mol. The van der Waals surface area contributed by atoms with E-state index in [0.29, 0.717) is 19.8 Å². The summed E-state index contributed by atoms with van der Waals surface area (Å²) in [7, 11) is 0. The monoisotopic (exact) mass is 919 g/mol. The molecule has 2 saturated heterocycles. The topological polar surface area (TPSA) is 228 Å². The van der Waals surface area contributed by atoms with Crippen LogP contribution in [0.15, 0.2) is 51.5 Å². The normalized spacial score (nSPS) is 12.7. The van der Waals surface area contributed by atoms with Gasteiger partial charge in [0.1, 0.15) is 32.0 Å². The average Bonchev–Trinajstić information content (AvgIpc) is 4.24. The Morgan fingerprint density at radius 1 is 0.708 bits per heavy atom. The number of nitrogens with zero attached hydrogens (tertiary/aromatic N) is 2. The molecule has 4 heterocycles. The summed E-state index contributed by atoms with van der Waals surface area (Å²) in [6.07, 6.45) is 9.73. The van der Waals surface area contributed by atoms with Crippen LogP contribution in [0.25, 0.3) is 0 Å². The maximum absolute atomic E-state index is 13.4. The van der Waals surface area contributed by atoms with Gasteiger partial charge in [-0.15, -0.1) is 17.8 Å². The zero-order valence-corrected chi connectivity index (χ0v) is 31.9. The molecule has 0 spiro atoms. The Morgan fingerprint density at radius 2 is 1.14 bits per heavy atom. The molecule has 0 aliphatic carbocycles. The molecule has 2 aliphatic heterocycles. The van der Waals surface area contributed by atoms with E-state index < -0.39 is 52.5 Å². The van der Waals surface area contributed by atoms with E-state index in [-0.39, 0.29) is 57.5 Å². The minimum atomic E-state index is -2.37. The predicted octanol–water partition coefficient (Wildman–Crippen LogP) is 5.63. The molecule has 0 bridgehead atoms. The van der Waals surface area contributed by atoms with Crippen molar-refractivity contribution in [1.29, 1.82) is 0 Å². The molecule has 0 saturated carbocycles. The van der Waals surface area contributed by atoms with Gasteiger partial charge in [0, 0.05) is 7.13 Å². The number of halogens is 5. The number of epoxide rings is 2. The largest absolute Gasteiger partial charge is 0.473 e. The Bertz CT molecular complexity index is 2550. The Hall–Kier alpha value is -8.35. The molecule has 65 heavy (non-hydrogen) atoms. The number of hydrogen-bond donors (Lipinski definition) is 3. The molecule has 4 aromatic rings. The third-order valence-electron chi connectivity index (χ3n) is 6.41. The molecule has 3 N–H and O–H groups in total. The third-order valence-corrected chi connectivity index (χ3v) is 6.41. The van der Waals surface area contributed by atoms with Gasteiger partial charge in [-0.1, -0.05) is 42.7 Å². The van der Waals surface area contributed by atoms with Crippen LogP contribution in [0, 0.1) is 113 Å². The van der Waals surface area contributed by atoms with Crippen LogP contribution in [0.3, 0.4) is 0 Å². The highest BCUT2D eigenvalue weighted by atomic mass is 19.2. The van der Waals surface area contributed by atoms with Crippen LogP contribution < -0.4 is 19.9 Å². The second-order valence-electron chi connectivity index (χ2n) is 10.8. The number of ether oxygens (including phenoxy) is 6. The number of benzene rings is 2. The minimum Gasteiger partial charge on any atom is -0.473 e. The molecule has 0 unspecified atom stereocenters. The van der Waals surface area contributed by atoms with Crippen LogP contribution in [0.1, 0.15) is 41.2 Å². The highest BCUT2D eigenvalue weighted by Gasteiger charge is 2.30. The first-order valence-electron chi connectivity index (χ1n) is 16.8. The summed E-state index contributed by atoms with van der Waals surface area (Å²) in [6.45, 7) is 1.94. The zero-order valence-electron chi connectivity index (χ0n) is 31.9. The standard InChI is InChI=1S/C14H13NO5.C14H2.C13H6F5NO5.CH4.H3NO5.5H2/c16-14(19-7-10-4-2-1-3-5-10)12-6-13(15-20-12)18-9-11-8-17-11;1-3-5-7-9-11-13-14-12-10-8-6-4-2;14-7-8(15)10(17)12(11(18)9(7)16)23-13(20)5-1-6(19-24-5)22-3-4-2-21-4;;2-4-1-5-6-3;;;;;/h1-6,11H,7-9H2;1-2H;1,4H,2-3H2;1H4;1-3H;5*1H/t11-;;4-;;;;;;;/m1.1......./s1. The number of carbonyl (C=O) groups excluding carboxylic acids is 2. The van der Waals surface area contributed by atoms with Crippen LogP contribution >= 0.6 is 0 Å². The molecule has 0 radical (unpaired) electrons. The Kier molecular flexibility index (Phi) is 24.2. The summed E-state index contributed by atoms with van der Waals surface area (Å²) in [5.74, 6) is 12.5. The molecular formula is C42H38F5N3O15. The lowest BCUT2D eigenvalue weighted by atomic mass is 10.2. The minimum absolute atomic E-state index is 0. The first-order valence-corrected chi connectivity index (χ1v) is 16.8. The van der Waals surface area contributed by atoms with Gasteiger partial charge < -0.3 is 37.5 Å². The van der Waals surface area contributed by atoms with Crippen molar-refractivity contribution in [2.24, 2.45) is 0 Å². The van der Waals surface area contributed by atoms with E-state index in [9.17, 15) is 31.5 Å². The number of carbonyl (C=O) groups is 2. The summed E-state index contributed by atoms with van der Waals surface area (Å²) in [6, 6.07) is 11.7. The van der Waals surface area contributed by atoms with Gasteiger partial charge in [0.2, 0.25) is 46.4 Å². The third kappa shape index (κ3) is 20.4. The Morgan fingerprint density at radius 3 is 1.54 bits per heavy atom. The summed E-state index contributed by atoms with van der Waals surface area (Å²) >= 11 is 0. The molecule has 18 nitrogen and oxygen atoms in total. The number of aromatic nitrogens is 2. The van der Waals surface area contributed by atoms with E-state index in [2.05, 4.69) is 106 Å². The number of hydrogen-bond acceptors (Lipinski definition) is 18. The Balaban J connectivity index is -0.000000434. The van der Waals surface area contributed by atoms with Crippen molar-refractivity contribution in [2.75, 3.05) is 26.4 Å². The second-order valence-corrected chi connectivity index (χ2v) is 10.8. The van der Waals surface area contributed by atoms with Gasteiger partial charge in [-0.05, 0) is 97.6 Å². The fourth-order valence-electron chi connectivity index (χ4n) is 3.50. The van der Waals surface area contributed by atoms with Gasteiger partial charge in [0.15, 0.2) is 0 Å². The number of terminal acetylenes is 2. The maximum Gasteiger partial charge on any atom is 0.382 e. The van der Waals surface area contributed by atoms with Gasteiger partial charge in [-0.3, -0.25) is 0 Å². The summed E-state index contributed by atoms with van der Waals surface area (Å²) in [4.78, 5) is 29.8. The van der Waals surface area contributed by atoms with E-state index in [4.69, 9.17) is 51.6 Å². The molecule has 2 atom stereocenters. The molecule has 23 heteroatoms.